The number of hydrogen-bond acceptors (Lipinski definition) is 1. The molecule has 16 heavy (non-hydrogen) atoms. The van der Waals surface area contributed by atoms with Gasteiger partial charge >= 0.3 is 5.97 Å². The highest BCUT2D eigenvalue weighted by Crippen LogP contribution is 2.23. The average Bonchev–Trinajstić information content (AvgIpc) is 2.56. The number of carbonyl (C=O) groups is 1. The predicted octanol–water partition coefficient (Wildman–Crippen LogP) is 2.60. The Balaban J connectivity index is 2.66. The number of aryl methyl sites for hydroxylation is 2. The summed E-state index contributed by atoms with van der Waals surface area (Å²) < 4.78 is 2.07. The van der Waals surface area contributed by atoms with E-state index in [-0.39, 0.29) is 6.42 Å². The van der Waals surface area contributed by atoms with E-state index in [1.807, 2.05) is 38.1 Å². The van der Waals surface area contributed by atoms with E-state index in [1.165, 1.54) is 5.56 Å². The van der Waals surface area contributed by atoms with Crippen molar-refractivity contribution in [2.45, 2.75) is 26.8 Å². The zero-order chi connectivity index (χ0) is 11.7. The van der Waals surface area contributed by atoms with Crippen LogP contribution >= 0.6 is 0 Å². The number of nitrogens with zero attached hydrogens (tertiary/aromatic N) is 1. The minimum Gasteiger partial charge on any atom is -0.481 e. The highest BCUT2D eigenvalue weighted by molar-refractivity contribution is 5.86. The van der Waals surface area contributed by atoms with Crippen molar-refractivity contribution in [3.8, 4) is 0 Å². The lowest BCUT2D eigenvalue weighted by Gasteiger charge is -2.05. The molecule has 1 aromatic carbocycles. The number of aromatic nitrogens is 1. The lowest BCUT2D eigenvalue weighted by atomic mass is 10.1. The lowest BCUT2D eigenvalue weighted by molar-refractivity contribution is -0.136. The summed E-state index contributed by atoms with van der Waals surface area (Å²) in [6.07, 6.45) is 0.0853. The maximum absolute atomic E-state index is 10.8. The van der Waals surface area contributed by atoms with Gasteiger partial charge in [0.2, 0.25) is 0 Å². The monoisotopic (exact) mass is 217 g/mol. The lowest BCUT2D eigenvalue weighted by Crippen LogP contribution is -2.06. The molecule has 84 valence electrons. The predicted molar refractivity (Wildman–Crippen MR) is 63.7 cm³/mol. The summed E-state index contributed by atoms with van der Waals surface area (Å²) in [6, 6.07) is 8.08. The van der Waals surface area contributed by atoms with Gasteiger partial charge in [-0.05, 0) is 31.5 Å². The first-order valence-corrected chi connectivity index (χ1v) is 5.43. The van der Waals surface area contributed by atoms with E-state index in [4.69, 9.17) is 5.11 Å². The Morgan fingerprint density at radius 2 is 2.19 bits per heavy atom. The second-order valence-corrected chi connectivity index (χ2v) is 3.96. The second-order valence-electron chi connectivity index (χ2n) is 3.96. The van der Waals surface area contributed by atoms with Crippen molar-refractivity contribution >= 4 is 16.9 Å². The molecule has 0 atom stereocenters. The summed E-state index contributed by atoms with van der Waals surface area (Å²) in [4.78, 5) is 10.8. The van der Waals surface area contributed by atoms with Crippen LogP contribution in [-0.4, -0.2) is 15.6 Å². The van der Waals surface area contributed by atoms with Gasteiger partial charge in [-0.1, -0.05) is 12.1 Å². The highest BCUT2D eigenvalue weighted by atomic mass is 16.4. The van der Waals surface area contributed by atoms with Gasteiger partial charge < -0.3 is 9.67 Å². The van der Waals surface area contributed by atoms with Gasteiger partial charge in [0.15, 0.2) is 0 Å². The van der Waals surface area contributed by atoms with Crippen molar-refractivity contribution in [3.05, 3.63) is 35.5 Å². The molecule has 0 radical (unpaired) electrons. The Bertz CT molecular complexity index is 540. The van der Waals surface area contributed by atoms with E-state index in [1.54, 1.807) is 0 Å². The summed E-state index contributed by atoms with van der Waals surface area (Å²) in [5.74, 6) is -0.782. The van der Waals surface area contributed by atoms with Crippen LogP contribution in [0.3, 0.4) is 0 Å². The van der Waals surface area contributed by atoms with Crippen LogP contribution in [0.1, 0.15) is 18.2 Å². The number of fused-ring (bicyclic) bond motifs is 1. The minimum atomic E-state index is -0.782. The molecular formula is C13H15NO2. The van der Waals surface area contributed by atoms with Crippen LogP contribution < -0.4 is 0 Å². The molecule has 3 nitrogen and oxygen atoms in total. The molecule has 0 fully saturated rings. The van der Waals surface area contributed by atoms with Crippen LogP contribution in [0.2, 0.25) is 0 Å². The quantitative estimate of drug-likeness (QED) is 0.858. The third-order valence-electron chi connectivity index (χ3n) is 2.90. The Hall–Kier alpha value is -1.77. The molecule has 0 bridgehead atoms. The highest BCUT2D eigenvalue weighted by Gasteiger charge is 2.11. The van der Waals surface area contributed by atoms with Crippen LogP contribution in [0.5, 0.6) is 0 Å². The molecule has 2 aromatic rings. The van der Waals surface area contributed by atoms with E-state index in [0.29, 0.717) is 0 Å². The summed E-state index contributed by atoms with van der Waals surface area (Å²) in [7, 11) is 0. The fourth-order valence-corrected chi connectivity index (χ4v) is 2.16. The van der Waals surface area contributed by atoms with E-state index in [9.17, 15) is 4.79 Å². The summed E-state index contributed by atoms with van der Waals surface area (Å²) in [5.41, 5.74) is 3.19. The smallest absolute Gasteiger partial charge is 0.309 e. The molecule has 0 amide bonds. The molecule has 1 N–H and O–H groups in total. The Kier molecular flexibility index (Phi) is 2.69. The maximum Gasteiger partial charge on any atom is 0.309 e. The van der Waals surface area contributed by atoms with Gasteiger partial charge in [-0.3, -0.25) is 4.79 Å². The fourth-order valence-electron chi connectivity index (χ4n) is 2.16. The number of hydrogen-bond donors (Lipinski definition) is 1. The van der Waals surface area contributed by atoms with Crippen molar-refractivity contribution in [1.29, 1.82) is 0 Å². The first kappa shape index (κ1) is 10.7. The van der Waals surface area contributed by atoms with Crippen LogP contribution in [0.25, 0.3) is 10.9 Å². The van der Waals surface area contributed by atoms with Crippen molar-refractivity contribution in [2.75, 3.05) is 0 Å². The SMILES string of the molecule is CCn1c(CC(=O)O)cc2c(C)cccc21. The molecule has 2 rings (SSSR count). The Morgan fingerprint density at radius 3 is 2.81 bits per heavy atom. The van der Waals surface area contributed by atoms with E-state index >= 15 is 0 Å². The maximum atomic E-state index is 10.8. The van der Waals surface area contributed by atoms with Crippen molar-refractivity contribution < 1.29 is 9.90 Å². The second kappa shape index (κ2) is 4.00. The number of aliphatic carboxylic acids is 1. The Labute approximate surface area is 94.3 Å². The van der Waals surface area contributed by atoms with E-state index in [2.05, 4.69) is 4.57 Å². The first-order chi connectivity index (χ1) is 7.63. The molecule has 1 aromatic heterocycles. The molecule has 3 heteroatoms. The van der Waals surface area contributed by atoms with Crippen LogP contribution in [-0.2, 0) is 17.8 Å². The average molecular weight is 217 g/mol. The van der Waals surface area contributed by atoms with Crippen LogP contribution in [0.4, 0.5) is 0 Å². The van der Waals surface area contributed by atoms with Gasteiger partial charge in [0.25, 0.3) is 0 Å². The molecule has 0 saturated heterocycles. The number of benzene rings is 1. The standard InChI is InChI=1S/C13H15NO2/c1-3-14-10(8-13(15)16)7-11-9(2)5-4-6-12(11)14/h4-7H,3,8H2,1-2H3,(H,15,16). The van der Waals surface area contributed by atoms with Crippen molar-refractivity contribution in [1.82, 2.24) is 4.57 Å². The van der Waals surface area contributed by atoms with Gasteiger partial charge in [0.05, 0.1) is 6.42 Å². The van der Waals surface area contributed by atoms with Crippen molar-refractivity contribution in [3.63, 3.8) is 0 Å². The summed E-state index contributed by atoms with van der Waals surface area (Å²) >= 11 is 0. The molecule has 0 spiro atoms. The number of carboxylic acids is 1. The molecule has 0 aliphatic rings. The summed E-state index contributed by atoms with van der Waals surface area (Å²) in [6.45, 7) is 4.88. The van der Waals surface area contributed by atoms with Gasteiger partial charge in [-0.25, -0.2) is 0 Å². The molecule has 0 aliphatic heterocycles. The largest absolute Gasteiger partial charge is 0.481 e. The van der Waals surface area contributed by atoms with Gasteiger partial charge in [0.1, 0.15) is 0 Å². The van der Waals surface area contributed by atoms with E-state index in [0.717, 1.165) is 23.1 Å². The van der Waals surface area contributed by atoms with Crippen LogP contribution in [0.15, 0.2) is 24.3 Å². The van der Waals surface area contributed by atoms with E-state index < -0.39 is 5.97 Å². The Morgan fingerprint density at radius 1 is 1.44 bits per heavy atom. The molecule has 0 unspecified atom stereocenters. The van der Waals surface area contributed by atoms with Gasteiger partial charge in [0, 0.05) is 23.1 Å². The first-order valence-electron chi connectivity index (χ1n) is 5.43. The topological polar surface area (TPSA) is 42.2 Å². The molecule has 1 heterocycles. The third-order valence-corrected chi connectivity index (χ3v) is 2.90. The number of carboxylic acid groups (broad SMARTS) is 1. The van der Waals surface area contributed by atoms with Crippen LogP contribution in [0, 0.1) is 6.92 Å². The molecule has 0 saturated carbocycles. The normalized spacial score (nSPS) is 10.9. The van der Waals surface area contributed by atoms with Gasteiger partial charge in [-0.15, -0.1) is 0 Å². The van der Waals surface area contributed by atoms with Gasteiger partial charge in [-0.2, -0.15) is 0 Å². The third kappa shape index (κ3) is 1.69. The van der Waals surface area contributed by atoms with Crippen molar-refractivity contribution in [2.24, 2.45) is 0 Å². The fraction of sp³-hybridized carbons (Fsp3) is 0.308. The zero-order valence-corrected chi connectivity index (χ0v) is 9.53. The summed E-state index contributed by atoms with van der Waals surface area (Å²) in [5, 5.41) is 10.0. The zero-order valence-electron chi connectivity index (χ0n) is 9.53. The number of rotatable bonds is 3. The molecule has 0 aliphatic carbocycles. The minimum absolute atomic E-state index is 0.0853. The molecular weight excluding hydrogens is 202 g/mol.